The Morgan fingerprint density at radius 2 is 2.06 bits per heavy atom. The summed E-state index contributed by atoms with van der Waals surface area (Å²) in [5.74, 6) is 0.0318. The molecule has 4 heteroatoms. The summed E-state index contributed by atoms with van der Waals surface area (Å²) in [4.78, 5) is 11.8. The number of piperidine rings is 1. The molecule has 1 fully saturated rings. The highest BCUT2D eigenvalue weighted by molar-refractivity contribution is 5.94. The monoisotopic (exact) mass is 240 g/mol. The Kier molecular flexibility index (Phi) is 5.29. The van der Waals surface area contributed by atoms with Gasteiger partial charge in [0.1, 0.15) is 0 Å². The number of hydrogen-bond acceptors (Lipinski definition) is 2. The van der Waals surface area contributed by atoms with Gasteiger partial charge in [-0.05, 0) is 31.5 Å². The Hall–Kier alpha value is -1.06. The maximum Gasteiger partial charge on any atom is 0.251 e. The summed E-state index contributed by atoms with van der Waals surface area (Å²) in [6.45, 7) is 1.95. The van der Waals surface area contributed by atoms with Crippen LogP contribution < -0.4 is 10.6 Å². The normalized spacial score (nSPS) is 19.6. The van der Waals surface area contributed by atoms with Gasteiger partial charge in [-0.25, -0.2) is 0 Å². The van der Waals surface area contributed by atoms with Crippen LogP contribution in [0.15, 0.2) is 30.3 Å². The second-order valence-electron chi connectivity index (χ2n) is 3.88. The lowest BCUT2D eigenvalue weighted by molar-refractivity contribution is 0.0930. The van der Waals surface area contributed by atoms with Gasteiger partial charge in [-0.3, -0.25) is 4.79 Å². The van der Waals surface area contributed by atoms with Crippen LogP contribution in [0.25, 0.3) is 0 Å². The van der Waals surface area contributed by atoms with Crippen molar-refractivity contribution < 1.29 is 4.79 Å². The molecule has 1 aromatic rings. The van der Waals surface area contributed by atoms with Crippen LogP contribution in [0.1, 0.15) is 23.2 Å². The van der Waals surface area contributed by atoms with E-state index in [4.69, 9.17) is 0 Å². The fraction of sp³-hybridized carbons (Fsp3) is 0.417. The Morgan fingerprint density at radius 1 is 1.31 bits per heavy atom. The van der Waals surface area contributed by atoms with Crippen LogP contribution in [0.4, 0.5) is 0 Å². The molecule has 2 N–H and O–H groups in total. The lowest BCUT2D eigenvalue weighted by Gasteiger charge is -2.23. The first-order chi connectivity index (χ1) is 7.36. The molecule has 0 aliphatic carbocycles. The molecule has 16 heavy (non-hydrogen) atoms. The topological polar surface area (TPSA) is 41.1 Å². The summed E-state index contributed by atoms with van der Waals surface area (Å²) in [6.07, 6.45) is 2.21. The number of benzene rings is 1. The number of halogens is 1. The van der Waals surface area contributed by atoms with E-state index in [1.807, 2.05) is 30.3 Å². The number of hydrogen-bond donors (Lipinski definition) is 2. The summed E-state index contributed by atoms with van der Waals surface area (Å²) in [6, 6.07) is 9.64. The van der Waals surface area contributed by atoms with Gasteiger partial charge in [0.05, 0.1) is 0 Å². The minimum atomic E-state index is 0. The Balaban J connectivity index is 0.00000128. The summed E-state index contributed by atoms with van der Waals surface area (Å²) in [5, 5.41) is 6.31. The molecule has 0 radical (unpaired) electrons. The maximum atomic E-state index is 11.8. The van der Waals surface area contributed by atoms with Crippen LogP contribution in [-0.4, -0.2) is 25.0 Å². The fourth-order valence-electron chi connectivity index (χ4n) is 1.83. The van der Waals surface area contributed by atoms with Crippen molar-refractivity contribution in [3.63, 3.8) is 0 Å². The number of amides is 1. The lowest BCUT2D eigenvalue weighted by atomic mass is 10.1. The maximum absolute atomic E-state index is 11.8. The largest absolute Gasteiger partial charge is 0.348 e. The Labute approximate surface area is 102 Å². The van der Waals surface area contributed by atoms with Gasteiger partial charge in [0.15, 0.2) is 0 Å². The molecule has 0 bridgehead atoms. The third kappa shape index (κ3) is 3.51. The third-order valence-corrected chi connectivity index (χ3v) is 2.67. The van der Waals surface area contributed by atoms with Crippen LogP contribution in [0.5, 0.6) is 0 Å². The van der Waals surface area contributed by atoms with Crippen LogP contribution >= 0.6 is 12.4 Å². The van der Waals surface area contributed by atoms with Gasteiger partial charge in [-0.15, -0.1) is 12.4 Å². The molecule has 3 nitrogen and oxygen atoms in total. The fourth-order valence-corrected chi connectivity index (χ4v) is 1.83. The van der Waals surface area contributed by atoms with Crippen molar-refractivity contribution in [2.75, 3.05) is 13.1 Å². The van der Waals surface area contributed by atoms with E-state index in [0.29, 0.717) is 0 Å². The molecule has 1 amide bonds. The molecule has 0 spiro atoms. The van der Waals surface area contributed by atoms with E-state index in [1.165, 1.54) is 0 Å². The van der Waals surface area contributed by atoms with Crippen LogP contribution in [-0.2, 0) is 0 Å². The van der Waals surface area contributed by atoms with E-state index >= 15 is 0 Å². The first kappa shape index (κ1) is 13.0. The average Bonchev–Trinajstić information content (AvgIpc) is 2.31. The Bertz CT molecular complexity index is 323. The Morgan fingerprint density at radius 3 is 2.69 bits per heavy atom. The standard InChI is InChI=1S/C12H16N2O.ClH/c15-12(10-5-2-1-3-6-10)14-11-7-4-8-13-9-11;/h1-3,5-6,11,13H,4,7-9H2,(H,14,15);1H/t11-;/m1./s1. The third-order valence-electron chi connectivity index (χ3n) is 2.67. The van der Waals surface area contributed by atoms with Crippen molar-refractivity contribution in [1.29, 1.82) is 0 Å². The zero-order chi connectivity index (χ0) is 10.5. The molecule has 1 atom stereocenters. The van der Waals surface area contributed by atoms with Crippen molar-refractivity contribution in [2.24, 2.45) is 0 Å². The van der Waals surface area contributed by atoms with Crippen molar-refractivity contribution in [1.82, 2.24) is 10.6 Å². The second-order valence-corrected chi connectivity index (χ2v) is 3.88. The van der Waals surface area contributed by atoms with Crippen molar-refractivity contribution in [3.05, 3.63) is 35.9 Å². The van der Waals surface area contributed by atoms with Gasteiger partial charge >= 0.3 is 0 Å². The SMILES string of the molecule is Cl.O=C(N[C@@H]1CCCNC1)c1ccccc1. The van der Waals surface area contributed by atoms with E-state index in [-0.39, 0.29) is 24.4 Å². The first-order valence-corrected chi connectivity index (χ1v) is 5.43. The molecule has 88 valence electrons. The van der Waals surface area contributed by atoms with Gasteiger partial charge in [0.25, 0.3) is 5.91 Å². The van der Waals surface area contributed by atoms with Gasteiger partial charge in [0, 0.05) is 18.2 Å². The summed E-state index contributed by atoms with van der Waals surface area (Å²) in [5.41, 5.74) is 0.739. The smallest absolute Gasteiger partial charge is 0.251 e. The van der Waals surface area contributed by atoms with Crippen molar-refractivity contribution >= 4 is 18.3 Å². The number of carbonyl (C=O) groups excluding carboxylic acids is 1. The van der Waals surface area contributed by atoms with Crippen LogP contribution in [0, 0.1) is 0 Å². The van der Waals surface area contributed by atoms with Gasteiger partial charge in [-0.1, -0.05) is 18.2 Å². The van der Waals surface area contributed by atoms with Crippen molar-refractivity contribution in [2.45, 2.75) is 18.9 Å². The highest BCUT2D eigenvalue weighted by atomic mass is 35.5. The number of carbonyl (C=O) groups is 1. The number of nitrogens with one attached hydrogen (secondary N) is 2. The summed E-state index contributed by atoms with van der Waals surface area (Å²) >= 11 is 0. The zero-order valence-electron chi connectivity index (χ0n) is 9.11. The predicted molar refractivity (Wildman–Crippen MR) is 67.0 cm³/mol. The molecule has 1 aliphatic rings. The molecule has 0 aromatic heterocycles. The highest BCUT2D eigenvalue weighted by Gasteiger charge is 2.15. The van der Waals surface area contributed by atoms with Gasteiger partial charge < -0.3 is 10.6 Å². The molecule has 0 unspecified atom stereocenters. The molecule has 0 saturated carbocycles. The van der Waals surface area contributed by atoms with E-state index < -0.39 is 0 Å². The first-order valence-electron chi connectivity index (χ1n) is 5.43. The highest BCUT2D eigenvalue weighted by Crippen LogP contribution is 2.04. The average molecular weight is 241 g/mol. The van der Waals surface area contributed by atoms with Crippen LogP contribution in [0.3, 0.4) is 0 Å². The van der Waals surface area contributed by atoms with E-state index in [1.54, 1.807) is 0 Å². The molecule has 1 aromatic carbocycles. The molecular weight excluding hydrogens is 224 g/mol. The lowest BCUT2D eigenvalue weighted by Crippen LogP contribution is -2.45. The summed E-state index contributed by atoms with van der Waals surface area (Å²) < 4.78 is 0. The molecular formula is C12H17ClN2O. The molecule has 1 heterocycles. The van der Waals surface area contributed by atoms with E-state index in [2.05, 4.69) is 10.6 Å². The number of rotatable bonds is 2. The summed E-state index contributed by atoms with van der Waals surface area (Å²) in [7, 11) is 0. The van der Waals surface area contributed by atoms with Crippen molar-refractivity contribution in [3.8, 4) is 0 Å². The molecule has 1 saturated heterocycles. The minimum Gasteiger partial charge on any atom is -0.348 e. The van der Waals surface area contributed by atoms with E-state index in [0.717, 1.165) is 31.5 Å². The van der Waals surface area contributed by atoms with Gasteiger partial charge in [-0.2, -0.15) is 0 Å². The second kappa shape index (κ2) is 6.51. The van der Waals surface area contributed by atoms with E-state index in [9.17, 15) is 4.79 Å². The predicted octanol–water partition coefficient (Wildman–Crippen LogP) is 1.59. The van der Waals surface area contributed by atoms with Gasteiger partial charge in [0.2, 0.25) is 0 Å². The zero-order valence-corrected chi connectivity index (χ0v) is 9.93. The van der Waals surface area contributed by atoms with Crippen LogP contribution in [0.2, 0.25) is 0 Å². The molecule has 1 aliphatic heterocycles. The molecule has 2 rings (SSSR count). The minimum absolute atomic E-state index is 0. The quantitative estimate of drug-likeness (QED) is 0.825.